The van der Waals surface area contributed by atoms with Crippen LogP contribution in [0.25, 0.3) is 0 Å². The van der Waals surface area contributed by atoms with Gasteiger partial charge in [0.15, 0.2) is 0 Å². The quantitative estimate of drug-likeness (QED) is 0.799. The van der Waals surface area contributed by atoms with Gasteiger partial charge in [-0.05, 0) is 31.7 Å². The van der Waals surface area contributed by atoms with Crippen LogP contribution in [0.15, 0.2) is 18.5 Å². The highest BCUT2D eigenvalue weighted by Gasteiger charge is 2.23. The Labute approximate surface area is 103 Å². The summed E-state index contributed by atoms with van der Waals surface area (Å²) in [6.45, 7) is 3.28. The molecule has 0 spiro atoms. The van der Waals surface area contributed by atoms with Crippen molar-refractivity contribution in [1.82, 2.24) is 4.98 Å². The first-order chi connectivity index (χ1) is 8.36. The Balaban J connectivity index is 2.26. The molecule has 0 aliphatic carbocycles. The molecule has 1 aromatic heterocycles. The first-order valence-electron chi connectivity index (χ1n) is 6.47. The average molecular weight is 229 g/mol. The first-order valence-corrected chi connectivity index (χ1v) is 6.47. The van der Waals surface area contributed by atoms with Crippen LogP contribution in [0.4, 0.5) is 5.69 Å². The molecule has 2 rings (SSSR count). The monoisotopic (exact) mass is 229 g/mol. The van der Waals surface area contributed by atoms with Crippen molar-refractivity contribution in [2.45, 2.75) is 45.1 Å². The number of rotatable bonds is 3. The Morgan fingerprint density at radius 2 is 2.41 bits per heavy atom. The molecule has 3 heteroatoms. The van der Waals surface area contributed by atoms with Crippen molar-refractivity contribution in [1.29, 1.82) is 5.26 Å². The molecule has 0 amide bonds. The summed E-state index contributed by atoms with van der Waals surface area (Å²) in [5.74, 6) is 0. The maximum absolute atomic E-state index is 9.16. The van der Waals surface area contributed by atoms with Crippen LogP contribution < -0.4 is 4.90 Å². The molecular formula is C14H19N3. The van der Waals surface area contributed by atoms with E-state index < -0.39 is 0 Å². The number of nitriles is 1. The van der Waals surface area contributed by atoms with Crippen LogP contribution in [0, 0.1) is 11.3 Å². The third-order valence-corrected chi connectivity index (χ3v) is 3.48. The van der Waals surface area contributed by atoms with E-state index in [2.05, 4.69) is 22.9 Å². The molecule has 1 aliphatic heterocycles. The molecule has 1 aromatic rings. The van der Waals surface area contributed by atoms with E-state index in [1.807, 2.05) is 12.3 Å². The van der Waals surface area contributed by atoms with Crippen LogP contribution in [0.5, 0.6) is 0 Å². The van der Waals surface area contributed by atoms with Gasteiger partial charge in [0.2, 0.25) is 0 Å². The van der Waals surface area contributed by atoms with Gasteiger partial charge >= 0.3 is 0 Å². The lowest BCUT2D eigenvalue weighted by Crippen LogP contribution is -2.40. The smallest absolute Gasteiger partial charge is 0.101 e. The fourth-order valence-electron chi connectivity index (χ4n) is 2.66. The van der Waals surface area contributed by atoms with Gasteiger partial charge in [-0.25, -0.2) is 0 Å². The van der Waals surface area contributed by atoms with E-state index in [0.29, 0.717) is 6.04 Å². The molecule has 0 saturated carbocycles. The van der Waals surface area contributed by atoms with Crippen molar-refractivity contribution in [2.75, 3.05) is 11.4 Å². The molecule has 1 aliphatic rings. The Morgan fingerprint density at radius 3 is 3.18 bits per heavy atom. The van der Waals surface area contributed by atoms with E-state index in [4.69, 9.17) is 5.26 Å². The zero-order chi connectivity index (χ0) is 12.1. The lowest BCUT2D eigenvalue weighted by molar-refractivity contribution is 0.434. The third-order valence-electron chi connectivity index (χ3n) is 3.48. The Kier molecular flexibility index (Phi) is 3.98. The lowest BCUT2D eigenvalue weighted by Gasteiger charge is -2.37. The molecule has 90 valence electrons. The Morgan fingerprint density at radius 1 is 1.53 bits per heavy atom. The lowest BCUT2D eigenvalue weighted by atomic mass is 9.97. The van der Waals surface area contributed by atoms with Gasteiger partial charge in [0.05, 0.1) is 17.4 Å². The van der Waals surface area contributed by atoms with Gasteiger partial charge in [0.1, 0.15) is 6.07 Å². The minimum absolute atomic E-state index is 0.588. The van der Waals surface area contributed by atoms with Gasteiger partial charge in [-0.2, -0.15) is 5.26 Å². The van der Waals surface area contributed by atoms with Crippen molar-refractivity contribution in [3.05, 3.63) is 24.0 Å². The maximum Gasteiger partial charge on any atom is 0.101 e. The van der Waals surface area contributed by atoms with Gasteiger partial charge in [-0.15, -0.1) is 0 Å². The van der Waals surface area contributed by atoms with Crippen LogP contribution in [0.2, 0.25) is 0 Å². The van der Waals surface area contributed by atoms with E-state index in [1.165, 1.54) is 32.1 Å². The molecule has 1 fully saturated rings. The number of nitrogens with zero attached hydrogens (tertiary/aromatic N) is 3. The molecule has 17 heavy (non-hydrogen) atoms. The van der Waals surface area contributed by atoms with E-state index in [9.17, 15) is 0 Å². The van der Waals surface area contributed by atoms with E-state index in [-0.39, 0.29) is 0 Å². The van der Waals surface area contributed by atoms with Gasteiger partial charge in [-0.3, -0.25) is 4.98 Å². The molecule has 0 aromatic carbocycles. The summed E-state index contributed by atoms with van der Waals surface area (Å²) in [6.07, 6.45) is 9.72. The fraction of sp³-hybridized carbons (Fsp3) is 0.571. The summed E-state index contributed by atoms with van der Waals surface area (Å²) >= 11 is 0. The SMILES string of the molecule is CCCC1CCCCN1c1cnccc1C#N. The largest absolute Gasteiger partial charge is 0.366 e. The zero-order valence-electron chi connectivity index (χ0n) is 10.4. The second-order valence-corrected chi connectivity index (χ2v) is 4.64. The number of hydrogen-bond donors (Lipinski definition) is 0. The number of aromatic nitrogens is 1. The minimum atomic E-state index is 0.588. The molecule has 0 bridgehead atoms. The van der Waals surface area contributed by atoms with Crippen molar-refractivity contribution in [3.63, 3.8) is 0 Å². The standard InChI is InChI=1S/C14H19N3/c1-2-5-13-6-3-4-9-17(13)14-11-16-8-7-12(14)10-15/h7-8,11,13H,2-6,9H2,1H3. The predicted octanol–water partition coefficient (Wildman–Crippen LogP) is 3.11. The second-order valence-electron chi connectivity index (χ2n) is 4.64. The number of anilines is 1. The molecule has 0 N–H and O–H groups in total. The molecular weight excluding hydrogens is 210 g/mol. The summed E-state index contributed by atoms with van der Waals surface area (Å²) < 4.78 is 0. The molecule has 2 heterocycles. The van der Waals surface area contributed by atoms with Crippen LogP contribution >= 0.6 is 0 Å². The number of piperidine rings is 1. The highest BCUT2D eigenvalue weighted by atomic mass is 15.2. The van der Waals surface area contributed by atoms with Gasteiger partial charge in [0.25, 0.3) is 0 Å². The molecule has 1 unspecified atom stereocenters. The van der Waals surface area contributed by atoms with Crippen molar-refractivity contribution >= 4 is 5.69 Å². The van der Waals surface area contributed by atoms with E-state index in [0.717, 1.165) is 17.8 Å². The second kappa shape index (κ2) is 5.67. The topological polar surface area (TPSA) is 39.9 Å². The van der Waals surface area contributed by atoms with Crippen molar-refractivity contribution in [3.8, 4) is 6.07 Å². The molecule has 1 atom stereocenters. The van der Waals surface area contributed by atoms with Gasteiger partial charge in [-0.1, -0.05) is 13.3 Å². The van der Waals surface area contributed by atoms with Crippen molar-refractivity contribution in [2.24, 2.45) is 0 Å². The highest BCUT2D eigenvalue weighted by molar-refractivity contribution is 5.58. The van der Waals surface area contributed by atoms with Crippen LogP contribution in [-0.2, 0) is 0 Å². The predicted molar refractivity (Wildman–Crippen MR) is 68.8 cm³/mol. The summed E-state index contributed by atoms with van der Waals surface area (Å²) in [4.78, 5) is 6.56. The first kappa shape index (κ1) is 11.9. The number of pyridine rings is 1. The van der Waals surface area contributed by atoms with Crippen molar-refractivity contribution < 1.29 is 0 Å². The van der Waals surface area contributed by atoms with Gasteiger partial charge < -0.3 is 4.90 Å². The number of hydrogen-bond acceptors (Lipinski definition) is 3. The minimum Gasteiger partial charge on any atom is -0.366 e. The van der Waals surface area contributed by atoms with E-state index in [1.54, 1.807) is 6.20 Å². The summed E-state index contributed by atoms with van der Waals surface area (Å²) in [5.41, 5.74) is 1.77. The maximum atomic E-state index is 9.16. The Bertz CT molecular complexity index is 406. The zero-order valence-corrected chi connectivity index (χ0v) is 10.4. The summed E-state index contributed by atoms with van der Waals surface area (Å²) in [5, 5.41) is 9.16. The summed E-state index contributed by atoms with van der Waals surface area (Å²) in [6, 6.07) is 4.67. The normalized spacial score (nSPS) is 20.0. The molecule has 0 radical (unpaired) electrons. The Hall–Kier alpha value is -1.56. The summed E-state index contributed by atoms with van der Waals surface area (Å²) in [7, 11) is 0. The molecule has 3 nitrogen and oxygen atoms in total. The van der Waals surface area contributed by atoms with Crippen LogP contribution in [0.3, 0.4) is 0 Å². The average Bonchev–Trinajstić information content (AvgIpc) is 2.40. The fourth-order valence-corrected chi connectivity index (χ4v) is 2.66. The van der Waals surface area contributed by atoms with Gasteiger partial charge in [0, 0.05) is 18.8 Å². The third kappa shape index (κ3) is 2.58. The van der Waals surface area contributed by atoms with Crippen LogP contribution in [-0.4, -0.2) is 17.6 Å². The highest BCUT2D eigenvalue weighted by Crippen LogP contribution is 2.28. The van der Waals surface area contributed by atoms with E-state index >= 15 is 0 Å². The van der Waals surface area contributed by atoms with Crippen LogP contribution in [0.1, 0.15) is 44.6 Å². The molecule has 1 saturated heterocycles.